The molecule has 2 aromatic carbocycles. The first-order valence-corrected chi connectivity index (χ1v) is 8.82. The molecule has 0 unspecified atom stereocenters. The molecule has 1 saturated heterocycles. The van der Waals surface area contributed by atoms with E-state index >= 15 is 0 Å². The van der Waals surface area contributed by atoms with E-state index in [9.17, 15) is 4.79 Å². The SMILES string of the molecule is COc1ccc(Cl)cc1C=C1SC(=N)N(c2ccc3c(c2)OCO3)C1=O. The fourth-order valence-electron chi connectivity index (χ4n) is 2.71. The summed E-state index contributed by atoms with van der Waals surface area (Å²) in [5.41, 5.74) is 1.23. The van der Waals surface area contributed by atoms with Gasteiger partial charge in [0, 0.05) is 16.7 Å². The van der Waals surface area contributed by atoms with Crippen LogP contribution in [0.15, 0.2) is 41.3 Å². The Morgan fingerprint density at radius 3 is 2.85 bits per heavy atom. The van der Waals surface area contributed by atoms with Crippen LogP contribution in [-0.4, -0.2) is 25.0 Å². The van der Waals surface area contributed by atoms with Gasteiger partial charge >= 0.3 is 0 Å². The molecule has 132 valence electrons. The van der Waals surface area contributed by atoms with E-state index in [0.29, 0.717) is 38.4 Å². The summed E-state index contributed by atoms with van der Waals surface area (Å²) in [6.45, 7) is 0.151. The molecule has 0 aliphatic carbocycles. The number of ether oxygens (including phenoxy) is 3. The Balaban J connectivity index is 1.69. The van der Waals surface area contributed by atoms with Crippen molar-refractivity contribution in [3.63, 3.8) is 0 Å². The number of anilines is 1. The summed E-state index contributed by atoms with van der Waals surface area (Å²) in [7, 11) is 1.55. The van der Waals surface area contributed by atoms with E-state index < -0.39 is 0 Å². The van der Waals surface area contributed by atoms with Gasteiger partial charge in [-0.15, -0.1) is 0 Å². The third kappa shape index (κ3) is 2.89. The average Bonchev–Trinajstić information content (AvgIpc) is 3.19. The van der Waals surface area contributed by atoms with Gasteiger partial charge in [0.25, 0.3) is 5.91 Å². The third-order valence-electron chi connectivity index (χ3n) is 3.92. The van der Waals surface area contributed by atoms with E-state index in [0.717, 1.165) is 11.8 Å². The predicted molar refractivity (Wildman–Crippen MR) is 101 cm³/mol. The number of rotatable bonds is 3. The van der Waals surface area contributed by atoms with Crippen LogP contribution in [0.25, 0.3) is 6.08 Å². The van der Waals surface area contributed by atoms with Gasteiger partial charge in [-0.25, -0.2) is 0 Å². The van der Waals surface area contributed by atoms with Gasteiger partial charge in [-0.05, 0) is 48.2 Å². The molecule has 2 heterocycles. The Kier molecular flexibility index (Phi) is 4.26. The minimum absolute atomic E-state index is 0.112. The predicted octanol–water partition coefficient (Wildman–Crippen LogP) is 4.13. The van der Waals surface area contributed by atoms with E-state index in [1.54, 1.807) is 49.6 Å². The van der Waals surface area contributed by atoms with Gasteiger partial charge in [0.15, 0.2) is 16.7 Å². The van der Waals surface area contributed by atoms with Crippen LogP contribution in [0.1, 0.15) is 5.56 Å². The second-order valence-electron chi connectivity index (χ2n) is 5.48. The summed E-state index contributed by atoms with van der Waals surface area (Å²) in [6, 6.07) is 10.3. The molecule has 0 bridgehead atoms. The maximum Gasteiger partial charge on any atom is 0.271 e. The fourth-order valence-corrected chi connectivity index (χ4v) is 3.74. The summed E-state index contributed by atoms with van der Waals surface area (Å²) in [6.07, 6.45) is 1.68. The lowest BCUT2D eigenvalue weighted by Gasteiger charge is -2.14. The highest BCUT2D eigenvalue weighted by Crippen LogP contribution is 2.41. The Morgan fingerprint density at radius 1 is 1.23 bits per heavy atom. The van der Waals surface area contributed by atoms with E-state index in [4.69, 9.17) is 31.2 Å². The lowest BCUT2D eigenvalue weighted by atomic mass is 10.1. The number of carbonyl (C=O) groups is 1. The average molecular weight is 389 g/mol. The van der Waals surface area contributed by atoms with E-state index in [2.05, 4.69) is 0 Å². The van der Waals surface area contributed by atoms with Crippen LogP contribution in [0.3, 0.4) is 0 Å². The first-order chi connectivity index (χ1) is 12.6. The minimum Gasteiger partial charge on any atom is -0.496 e. The van der Waals surface area contributed by atoms with Crippen LogP contribution in [0.4, 0.5) is 5.69 Å². The third-order valence-corrected chi connectivity index (χ3v) is 5.04. The summed E-state index contributed by atoms with van der Waals surface area (Å²) >= 11 is 7.13. The summed E-state index contributed by atoms with van der Waals surface area (Å²) in [5, 5.41) is 8.86. The zero-order valence-electron chi connectivity index (χ0n) is 13.6. The number of carbonyl (C=O) groups excluding carboxylic acids is 1. The van der Waals surface area contributed by atoms with Gasteiger partial charge in [-0.2, -0.15) is 0 Å². The van der Waals surface area contributed by atoms with Crippen molar-refractivity contribution in [2.24, 2.45) is 0 Å². The normalized spacial score (nSPS) is 17.3. The molecule has 4 rings (SSSR count). The first-order valence-electron chi connectivity index (χ1n) is 7.62. The van der Waals surface area contributed by atoms with Crippen molar-refractivity contribution >= 4 is 46.2 Å². The van der Waals surface area contributed by atoms with Crippen molar-refractivity contribution in [1.29, 1.82) is 5.41 Å². The highest BCUT2D eigenvalue weighted by Gasteiger charge is 2.34. The molecular formula is C18H13ClN2O4S. The number of fused-ring (bicyclic) bond motifs is 1. The number of nitrogens with one attached hydrogen (secondary N) is 1. The molecule has 2 aromatic rings. The Morgan fingerprint density at radius 2 is 2.04 bits per heavy atom. The van der Waals surface area contributed by atoms with Crippen molar-refractivity contribution in [3.05, 3.63) is 51.9 Å². The number of benzene rings is 2. The quantitative estimate of drug-likeness (QED) is 0.800. The fraction of sp³-hybridized carbons (Fsp3) is 0.111. The molecule has 0 atom stereocenters. The van der Waals surface area contributed by atoms with E-state index in [1.165, 1.54) is 4.90 Å². The second kappa shape index (κ2) is 6.59. The van der Waals surface area contributed by atoms with E-state index in [1.807, 2.05) is 0 Å². The number of hydrogen-bond acceptors (Lipinski definition) is 6. The van der Waals surface area contributed by atoms with Gasteiger partial charge in [0.05, 0.1) is 17.7 Å². The number of thioether (sulfide) groups is 1. The summed E-state index contributed by atoms with van der Waals surface area (Å²) in [4.78, 5) is 14.6. The monoisotopic (exact) mass is 388 g/mol. The smallest absolute Gasteiger partial charge is 0.271 e. The minimum atomic E-state index is -0.291. The molecule has 1 N–H and O–H groups in total. The molecule has 0 saturated carbocycles. The number of halogens is 1. The molecule has 1 fully saturated rings. The maximum absolute atomic E-state index is 12.9. The number of amides is 1. The molecule has 0 spiro atoms. The largest absolute Gasteiger partial charge is 0.496 e. The van der Waals surface area contributed by atoms with Crippen LogP contribution < -0.4 is 19.1 Å². The van der Waals surface area contributed by atoms with Crippen molar-refractivity contribution < 1.29 is 19.0 Å². The summed E-state index contributed by atoms with van der Waals surface area (Å²) in [5.74, 6) is 1.49. The van der Waals surface area contributed by atoms with Crippen LogP contribution in [0.2, 0.25) is 5.02 Å². The molecular weight excluding hydrogens is 376 g/mol. The number of amidine groups is 1. The van der Waals surface area contributed by atoms with Crippen molar-refractivity contribution in [1.82, 2.24) is 0 Å². The highest BCUT2D eigenvalue weighted by atomic mass is 35.5. The zero-order valence-corrected chi connectivity index (χ0v) is 15.2. The zero-order chi connectivity index (χ0) is 18.3. The molecule has 1 amide bonds. The Bertz CT molecular complexity index is 960. The number of nitrogens with zero attached hydrogens (tertiary/aromatic N) is 1. The molecule has 8 heteroatoms. The van der Waals surface area contributed by atoms with Crippen molar-refractivity contribution in [2.75, 3.05) is 18.8 Å². The van der Waals surface area contributed by atoms with Gasteiger partial charge in [-0.1, -0.05) is 11.6 Å². The molecule has 0 radical (unpaired) electrons. The van der Waals surface area contributed by atoms with E-state index in [-0.39, 0.29) is 17.9 Å². The summed E-state index contributed by atoms with van der Waals surface area (Å²) < 4.78 is 15.9. The van der Waals surface area contributed by atoms with Gasteiger partial charge < -0.3 is 14.2 Å². The van der Waals surface area contributed by atoms with Gasteiger partial charge in [0.2, 0.25) is 6.79 Å². The van der Waals surface area contributed by atoms with Crippen LogP contribution in [0.5, 0.6) is 17.2 Å². The highest BCUT2D eigenvalue weighted by molar-refractivity contribution is 8.19. The first kappa shape index (κ1) is 16.8. The lowest BCUT2D eigenvalue weighted by molar-refractivity contribution is -0.113. The lowest BCUT2D eigenvalue weighted by Crippen LogP contribution is -2.28. The molecule has 2 aliphatic rings. The van der Waals surface area contributed by atoms with Crippen LogP contribution >= 0.6 is 23.4 Å². The Labute approximate surface area is 158 Å². The molecule has 2 aliphatic heterocycles. The second-order valence-corrected chi connectivity index (χ2v) is 6.95. The molecule has 26 heavy (non-hydrogen) atoms. The molecule has 0 aromatic heterocycles. The van der Waals surface area contributed by atoms with Crippen LogP contribution in [0, 0.1) is 5.41 Å². The van der Waals surface area contributed by atoms with Gasteiger partial charge in [-0.3, -0.25) is 15.1 Å². The number of methoxy groups -OCH3 is 1. The van der Waals surface area contributed by atoms with Crippen molar-refractivity contribution in [2.45, 2.75) is 0 Å². The van der Waals surface area contributed by atoms with Crippen molar-refractivity contribution in [3.8, 4) is 17.2 Å². The topological polar surface area (TPSA) is 71.8 Å². The number of hydrogen-bond donors (Lipinski definition) is 1. The van der Waals surface area contributed by atoms with Gasteiger partial charge in [0.1, 0.15) is 5.75 Å². The van der Waals surface area contributed by atoms with Crippen LogP contribution in [-0.2, 0) is 4.79 Å². The molecule has 6 nitrogen and oxygen atoms in total. The Hall–Kier alpha value is -2.64. The standard InChI is InChI=1S/C18H13ClN2O4S/c1-23-13-4-2-11(19)6-10(13)7-16-17(22)21(18(20)26-16)12-3-5-14-15(8-12)25-9-24-14/h2-8,20H,9H2,1H3. The maximum atomic E-state index is 12.9.